The van der Waals surface area contributed by atoms with Gasteiger partial charge < -0.3 is 20.6 Å². The Hall–Kier alpha value is -3.07. The Labute approximate surface area is 188 Å². The molecule has 0 aromatic heterocycles. The summed E-state index contributed by atoms with van der Waals surface area (Å²) in [6, 6.07) is 21.4. The van der Waals surface area contributed by atoms with E-state index in [0.717, 1.165) is 17.4 Å². The molecule has 0 aliphatic heterocycles. The molecule has 3 aromatic rings. The molecule has 0 saturated heterocycles. The van der Waals surface area contributed by atoms with Crippen LogP contribution in [0.4, 0.5) is 5.69 Å². The second-order valence-corrected chi connectivity index (χ2v) is 9.58. The molecule has 3 aromatic carbocycles. The summed E-state index contributed by atoms with van der Waals surface area (Å²) in [7, 11) is -3.54. The van der Waals surface area contributed by atoms with Crippen LogP contribution in [0, 0.1) is 0 Å². The van der Waals surface area contributed by atoms with E-state index in [1.54, 1.807) is 24.3 Å². The molecule has 0 bridgehead atoms. The van der Waals surface area contributed by atoms with Crippen molar-refractivity contribution < 1.29 is 23.7 Å². The Morgan fingerprint density at radius 1 is 0.875 bits per heavy atom. The van der Waals surface area contributed by atoms with Gasteiger partial charge in [0.15, 0.2) is 0 Å². The normalized spacial score (nSPS) is 13.4. The molecule has 0 spiro atoms. The molecule has 0 aliphatic rings. The van der Waals surface area contributed by atoms with Gasteiger partial charge in [0.25, 0.3) is 0 Å². The lowest BCUT2D eigenvalue weighted by molar-refractivity contribution is 0.167. The number of hydrogen-bond acceptors (Lipinski definition) is 6. The van der Waals surface area contributed by atoms with Gasteiger partial charge in [0.1, 0.15) is 11.5 Å². The van der Waals surface area contributed by atoms with Gasteiger partial charge >= 0.3 is 0 Å². The molecule has 2 atom stereocenters. The number of phenolic OH excluding ortho intramolecular Hbond substituents is 2. The summed E-state index contributed by atoms with van der Waals surface area (Å²) in [6.07, 6.45) is 1.20. The molecule has 0 saturated carbocycles. The fourth-order valence-corrected chi connectivity index (χ4v) is 4.08. The summed E-state index contributed by atoms with van der Waals surface area (Å²) in [5.74, 6) is -0.00323. The quantitative estimate of drug-likeness (QED) is 0.299. The Kier molecular flexibility index (Phi) is 7.74. The minimum Gasteiger partial charge on any atom is -0.508 e. The van der Waals surface area contributed by atoms with E-state index < -0.39 is 16.1 Å². The van der Waals surface area contributed by atoms with E-state index in [1.165, 1.54) is 12.1 Å². The number of aromatic hydroxyl groups is 2. The molecule has 0 aliphatic carbocycles. The van der Waals surface area contributed by atoms with E-state index in [-0.39, 0.29) is 36.2 Å². The Bertz CT molecular complexity index is 1140. The number of nitrogens with one attached hydrogen (secondary N) is 2. The zero-order valence-electron chi connectivity index (χ0n) is 17.8. The lowest BCUT2D eigenvalue weighted by atomic mass is 9.98. The van der Waals surface area contributed by atoms with E-state index in [1.807, 2.05) is 36.4 Å². The highest BCUT2D eigenvalue weighted by atomic mass is 32.2. The molecular weight excluding hydrogens is 428 g/mol. The van der Waals surface area contributed by atoms with Crippen LogP contribution in [0.1, 0.15) is 22.7 Å². The van der Waals surface area contributed by atoms with Crippen molar-refractivity contribution in [2.75, 3.05) is 17.5 Å². The molecule has 0 amide bonds. The molecule has 170 valence electrons. The highest BCUT2D eigenvalue weighted by Crippen LogP contribution is 2.26. The van der Waals surface area contributed by atoms with E-state index in [9.17, 15) is 23.7 Å². The monoisotopic (exact) mass is 456 g/mol. The Balaban J connectivity index is 1.68. The third-order valence-corrected chi connectivity index (χ3v) is 5.57. The third kappa shape index (κ3) is 7.26. The second-order valence-electron chi connectivity index (χ2n) is 7.83. The maximum Gasteiger partial charge on any atom is 0.229 e. The van der Waals surface area contributed by atoms with Gasteiger partial charge in [0.05, 0.1) is 18.0 Å². The lowest BCUT2D eigenvalue weighted by Crippen LogP contribution is -2.32. The van der Waals surface area contributed by atoms with Gasteiger partial charge in [-0.25, -0.2) is 8.42 Å². The van der Waals surface area contributed by atoms with Crippen LogP contribution in [0.15, 0.2) is 72.8 Å². The molecule has 2 unspecified atom stereocenters. The van der Waals surface area contributed by atoms with E-state index in [0.29, 0.717) is 12.0 Å². The van der Waals surface area contributed by atoms with Crippen LogP contribution in [0.2, 0.25) is 0 Å². The zero-order chi connectivity index (χ0) is 23.1. The first-order chi connectivity index (χ1) is 15.2. The van der Waals surface area contributed by atoms with Crippen LogP contribution in [0.3, 0.4) is 0 Å². The molecule has 3 rings (SSSR count). The highest BCUT2D eigenvalue weighted by Gasteiger charge is 2.16. The lowest BCUT2D eigenvalue weighted by Gasteiger charge is -2.22. The molecule has 0 heterocycles. The first-order valence-corrected chi connectivity index (χ1v) is 12.1. The SMILES string of the molecule is CS(=O)(=O)Nc1cc(CC(O)CNC(Cc2ccccc2)c2cccc(O)c2)ccc1O. The zero-order valence-corrected chi connectivity index (χ0v) is 18.6. The van der Waals surface area contributed by atoms with Crippen molar-refractivity contribution in [3.05, 3.63) is 89.5 Å². The summed E-state index contributed by atoms with van der Waals surface area (Å²) < 4.78 is 25.2. The topological polar surface area (TPSA) is 119 Å². The predicted octanol–water partition coefficient (Wildman–Crippen LogP) is 2.95. The summed E-state index contributed by atoms with van der Waals surface area (Å²) in [4.78, 5) is 0. The van der Waals surface area contributed by atoms with Crippen molar-refractivity contribution in [1.29, 1.82) is 0 Å². The number of aliphatic hydroxyl groups is 1. The fourth-order valence-electron chi connectivity index (χ4n) is 3.51. The van der Waals surface area contributed by atoms with Crippen molar-refractivity contribution in [3.63, 3.8) is 0 Å². The van der Waals surface area contributed by atoms with Crippen molar-refractivity contribution in [3.8, 4) is 11.5 Å². The standard InChI is InChI=1S/C24H28N2O5S/c1-32(30,31)26-23-14-18(10-11-24(23)29)12-21(28)16-25-22(13-17-6-3-2-4-7-17)19-8-5-9-20(27)15-19/h2-11,14-15,21-22,25-29H,12-13,16H2,1H3. The van der Waals surface area contributed by atoms with Gasteiger partial charge in [-0.1, -0.05) is 48.5 Å². The molecule has 7 nitrogen and oxygen atoms in total. The smallest absolute Gasteiger partial charge is 0.229 e. The maximum atomic E-state index is 11.5. The summed E-state index contributed by atoms with van der Waals surface area (Å²) in [5.41, 5.74) is 2.79. The number of benzene rings is 3. The summed E-state index contributed by atoms with van der Waals surface area (Å²) >= 11 is 0. The third-order valence-electron chi connectivity index (χ3n) is 4.98. The fraction of sp³-hybridized carbons (Fsp3) is 0.250. The van der Waals surface area contributed by atoms with Gasteiger partial charge in [-0.3, -0.25) is 4.72 Å². The van der Waals surface area contributed by atoms with Crippen LogP contribution >= 0.6 is 0 Å². The van der Waals surface area contributed by atoms with Crippen LogP contribution in [0.5, 0.6) is 11.5 Å². The maximum absolute atomic E-state index is 11.5. The number of hydrogen-bond donors (Lipinski definition) is 5. The first kappa shape index (κ1) is 23.6. The molecule has 8 heteroatoms. The van der Waals surface area contributed by atoms with Gasteiger partial charge in [-0.2, -0.15) is 0 Å². The summed E-state index contributed by atoms with van der Waals surface area (Å²) in [6.45, 7) is 0.281. The average Bonchev–Trinajstić information content (AvgIpc) is 2.73. The molecular formula is C24H28N2O5S. The molecule has 5 N–H and O–H groups in total. The average molecular weight is 457 g/mol. The van der Waals surface area contributed by atoms with Gasteiger partial charge in [-0.05, 0) is 53.8 Å². The molecule has 0 fully saturated rings. The van der Waals surface area contributed by atoms with Crippen LogP contribution in [0.25, 0.3) is 0 Å². The van der Waals surface area contributed by atoms with Crippen molar-refractivity contribution in [2.45, 2.75) is 25.0 Å². The number of anilines is 1. The van der Waals surface area contributed by atoms with Crippen molar-refractivity contribution >= 4 is 15.7 Å². The number of sulfonamides is 1. The van der Waals surface area contributed by atoms with E-state index in [2.05, 4.69) is 10.0 Å². The Morgan fingerprint density at radius 2 is 1.62 bits per heavy atom. The van der Waals surface area contributed by atoms with Crippen LogP contribution in [-0.4, -0.2) is 42.6 Å². The second kappa shape index (κ2) is 10.5. The minimum atomic E-state index is -3.54. The first-order valence-electron chi connectivity index (χ1n) is 10.2. The van der Waals surface area contributed by atoms with Gasteiger partial charge in [0.2, 0.25) is 10.0 Å². The number of rotatable bonds is 10. The number of phenols is 2. The van der Waals surface area contributed by atoms with E-state index in [4.69, 9.17) is 0 Å². The van der Waals surface area contributed by atoms with Gasteiger partial charge in [-0.15, -0.1) is 0 Å². The van der Waals surface area contributed by atoms with E-state index >= 15 is 0 Å². The minimum absolute atomic E-state index is 0.0758. The predicted molar refractivity (Wildman–Crippen MR) is 125 cm³/mol. The highest BCUT2D eigenvalue weighted by molar-refractivity contribution is 7.92. The van der Waals surface area contributed by atoms with Crippen LogP contribution in [-0.2, 0) is 22.9 Å². The van der Waals surface area contributed by atoms with Crippen molar-refractivity contribution in [2.24, 2.45) is 0 Å². The summed E-state index contributed by atoms with van der Waals surface area (Å²) in [5, 5.41) is 33.7. The Morgan fingerprint density at radius 3 is 2.31 bits per heavy atom. The van der Waals surface area contributed by atoms with Crippen molar-refractivity contribution in [1.82, 2.24) is 5.32 Å². The van der Waals surface area contributed by atoms with Gasteiger partial charge in [0, 0.05) is 12.6 Å². The molecule has 32 heavy (non-hydrogen) atoms. The van der Waals surface area contributed by atoms with Crippen LogP contribution < -0.4 is 10.0 Å². The molecule has 0 radical (unpaired) electrons. The number of aliphatic hydroxyl groups excluding tert-OH is 1. The largest absolute Gasteiger partial charge is 0.508 e.